The van der Waals surface area contributed by atoms with Crippen molar-refractivity contribution in [1.82, 2.24) is 0 Å². The van der Waals surface area contributed by atoms with Crippen molar-refractivity contribution in [2.24, 2.45) is 0 Å². The normalized spacial score (nSPS) is 9.09. The standard InChI is InChI=1S/C14H14.C7H8.C2H6/c1-11-7-3-5-9-13(11)14-10-6-4-8-12(14)2;1-7-5-3-2-4-6-7;1-2/h3-10H,1-2H3;2-6H,1H3;1-2H3. The van der Waals surface area contributed by atoms with E-state index in [0.717, 1.165) is 0 Å². The molecule has 0 saturated heterocycles. The monoisotopic (exact) mass is 304 g/mol. The van der Waals surface area contributed by atoms with Crippen LogP contribution in [0.2, 0.25) is 0 Å². The van der Waals surface area contributed by atoms with Gasteiger partial charge < -0.3 is 0 Å². The molecule has 0 radical (unpaired) electrons. The van der Waals surface area contributed by atoms with Gasteiger partial charge in [0.25, 0.3) is 0 Å². The smallest absolute Gasteiger partial charge is 0.0152 e. The molecule has 0 aromatic heterocycles. The van der Waals surface area contributed by atoms with Crippen molar-refractivity contribution < 1.29 is 0 Å². The first-order valence-corrected chi connectivity index (χ1v) is 8.32. The highest BCUT2D eigenvalue weighted by Crippen LogP contribution is 2.25. The summed E-state index contributed by atoms with van der Waals surface area (Å²) in [6.45, 7) is 10.4. The minimum atomic E-state index is 1.32. The number of hydrogen-bond acceptors (Lipinski definition) is 0. The Hall–Kier alpha value is -2.34. The van der Waals surface area contributed by atoms with Gasteiger partial charge in [0.15, 0.2) is 0 Å². The van der Waals surface area contributed by atoms with Gasteiger partial charge in [0.1, 0.15) is 0 Å². The Kier molecular flexibility index (Phi) is 8.46. The van der Waals surface area contributed by atoms with E-state index < -0.39 is 0 Å². The summed E-state index contributed by atoms with van der Waals surface area (Å²) < 4.78 is 0. The average Bonchev–Trinajstić information content (AvgIpc) is 2.59. The van der Waals surface area contributed by atoms with Crippen molar-refractivity contribution in [3.8, 4) is 11.1 Å². The molecular formula is C23H28. The maximum absolute atomic E-state index is 2.18. The molecule has 3 rings (SSSR count). The molecule has 0 saturated carbocycles. The van der Waals surface area contributed by atoms with Crippen molar-refractivity contribution in [3.05, 3.63) is 95.6 Å². The zero-order valence-electron chi connectivity index (χ0n) is 15.0. The molecule has 0 unspecified atom stereocenters. The molecule has 0 N–H and O–H groups in total. The van der Waals surface area contributed by atoms with Crippen LogP contribution >= 0.6 is 0 Å². The molecule has 0 spiro atoms. The van der Waals surface area contributed by atoms with Crippen LogP contribution in [0.15, 0.2) is 78.9 Å². The lowest BCUT2D eigenvalue weighted by Crippen LogP contribution is -1.85. The number of benzene rings is 3. The van der Waals surface area contributed by atoms with Crippen LogP contribution < -0.4 is 0 Å². The van der Waals surface area contributed by atoms with E-state index in [-0.39, 0.29) is 0 Å². The summed E-state index contributed by atoms with van der Waals surface area (Å²) >= 11 is 0. The Bertz CT molecular complexity index is 638. The third-order valence-electron chi connectivity index (χ3n) is 3.52. The second-order valence-corrected chi connectivity index (χ2v) is 5.28. The second kappa shape index (κ2) is 10.4. The summed E-state index contributed by atoms with van der Waals surface area (Å²) in [7, 11) is 0. The van der Waals surface area contributed by atoms with E-state index in [1.165, 1.54) is 27.8 Å². The Morgan fingerprint density at radius 3 is 1.09 bits per heavy atom. The molecule has 3 aromatic rings. The molecule has 0 aliphatic carbocycles. The van der Waals surface area contributed by atoms with Crippen LogP contribution in [-0.4, -0.2) is 0 Å². The first-order chi connectivity index (χ1) is 11.2. The summed E-state index contributed by atoms with van der Waals surface area (Å²) in [5, 5.41) is 0. The fraction of sp³-hybridized carbons (Fsp3) is 0.217. The minimum absolute atomic E-state index is 1.32. The van der Waals surface area contributed by atoms with Crippen LogP contribution in [0.1, 0.15) is 30.5 Å². The molecule has 0 fully saturated rings. The van der Waals surface area contributed by atoms with Crippen LogP contribution in [0.5, 0.6) is 0 Å². The quantitative estimate of drug-likeness (QED) is 0.454. The zero-order valence-corrected chi connectivity index (χ0v) is 15.0. The van der Waals surface area contributed by atoms with Gasteiger partial charge in [-0.3, -0.25) is 0 Å². The molecule has 0 heterocycles. The Morgan fingerprint density at radius 1 is 0.435 bits per heavy atom. The SMILES string of the molecule is CC.Cc1ccccc1.Cc1ccccc1-c1ccccc1C. The van der Waals surface area contributed by atoms with Crippen LogP contribution in [-0.2, 0) is 0 Å². The minimum Gasteiger partial charge on any atom is -0.0683 e. The predicted molar refractivity (Wildman–Crippen MR) is 104 cm³/mol. The van der Waals surface area contributed by atoms with Gasteiger partial charge in [0, 0.05) is 0 Å². The summed E-state index contributed by atoms with van der Waals surface area (Å²) in [6.07, 6.45) is 0. The lowest BCUT2D eigenvalue weighted by atomic mass is 9.97. The van der Waals surface area contributed by atoms with Crippen LogP contribution in [0.3, 0.4) is 0 Å². The lowest BCUT2D eigenvalue weighted by Gasteiger charge is -2.08. The van der Waals surface area contributed by atoms with Crippen molar-refractivity contribution in [3.63, 3.8) is 0 Å². The average molecular weight is 304 g/mol. The van der Waals surface area contributed by atoms with E-state index in [9.17, 15) is 0 Å². The van der Waals surface area contributed by atoms with E-state index in [1.54, 1.807) is 0 Å². The fourth-order valence-electron chi connectivity index (χ4n) is 2.28. The predicted octanol–water partition coefficient (Wildman–Crippen LogP) is 6.99. The topological polar surface area (TPSA) is 0 Å². The third kappa shape index (κ3) is 6.12. The number of aryl methyl sites for hydroxylation is 3. The third-order valence-corrected chi connectivity index (χ3v) is 3.52. The van der Waals surface area contributed by atoms with E-state index in [4.69, 9.17) is 0 Å². The van der Waals surface area contributed by atoms with Crippen LogP contribution in [0, 0.1) is 20.8 Å². The van der Waals surface area contributed by atoms with Gasteiger partial charge >= 0.3 is 0 Å². The summed E-state index contributed by atoms with van der Waals surface area (Å²) in [5.41, 5.74) is 6.67. The Balaban J connectivity index is 0.000000247. The highest BCUT2D eigenvalue weighted by molar-refractivity contribution is 5.70. The molecule has 0 atom stereocenters. The summed E-state index contributed by atoms with van der Waals surface area (Å²) in [6, 6.07) is 27.3. The zero-order chi connectivity index (χ0) is 17.1. The molecule has 0 aliphatic rings. The van der Waals surface area contributed by atoms with Gasteiger partial charge in [-0.05, 0) is 43.0 Å². The van der Waals surface area contributed by atoms with E-state index >= 15 is 0 Å². The molecule has 0 nitrogen and oxygen atoms in total. The van der Waals surface area contributed by atoms with Crippen LogP contribution in [0.4, 0.5) is 0 Å². The molecule has 23 heavy (non-hydrogen) atoms. The van der Waals surface area contributed by atoms with E-state index in [1.807, 2.05) is 32.0 Å². The van der Waals surface area contributed by atoms with Gasteiger partial charge in [0.2, 0.25) is 0 Å². The van der Waals surface area contributed by atoms with Gasteiger partial charge in [-0.15, -0.1) is 0 Å². The Morgan fingerprint density at radius 2 is 0.783 bits per heavy atom. The maximum Gasteiger partial charge on any atom is -0.0152 e. The van der Waals surface area contributed by atoms with Gasteiger partial charge in [-0.2, -0.15) is 0 Å². The van der Waals surface area contributed by atoms with Crippen LogP contribution in [0.25, 0.3) is 11.1 Å². The van der Waals surface area contributed by atoms with Gasteiger partial charge in [-0.1, -0.05) is 98.3 Å². The molecule has 0 bridgehead atoms. The fourth-order valence-corrected chi connectivity index (χ4v) is 2.28. The molecule has 0 aliphatic heterocycles. The first kappa shape index (κ1) is 18.7. The lowest BCUT2D eigenvalue weighted by molar-refractivity contribution is 1.41. The Labute approximate surface area is 141 Å². The summed E-state index contributed by atoms with van der Waals surface area (Å²) in [5.74, 6) is 0. The molecule has 120 valence electrons. The van der Waals surface area contributed by atoms with E-state index in [0.29, 0.717) is 0 Å². The van der Waals surface area contributed by atoms with Crippen molar-refractivity contribution in [2.45, 2.75) is 34.6 Å². The van der Waals surface area contributed by atoms with Crippen molar-refractivity contribution in [2.75, 3.05) is 0 Å². The van der Waals surface area contributed by atoms with Gasteiger partial charge in [-0.25, -0.2) is 0 Å². The summed E-state index contributed by atoms with van der Waals surface area (Å²) in [4.78, 5) is 0. The molecule has 0 heteroatoms. The highest BCUT2D eigenvalue weighted by Gasteiger charge is 2.02. The van der Waals surface area contributed by atoms with E-state index in [2.05, 4.69) is 81.4 Å². The van der Waals surface area contributed by atoms with Crippen molar-refractivity contribution in [1.29, 1.82) is 0 Å². The molecule has 3 aromatic carbocycles. The highest BCUT2D eigenvalue weighted by atomic mass is 14.1. The maximum atomic E-state index is 2.18. The largest absolute Gasteiger partial charge is 0.0683 e. The number of hydrogen-bond donors (Lipinski definition) is 0. The second-order valence-electron chi connectivity index (χ2n) is 5.28. The molecular weight excluding hydrogens is 276 g/mol. The van der Waals surface area contributed by atoms with Gasteiger partial charge in [0.05, 0.1) is 0 Å². The van der Waals surface area contributed by atoms with Crippen molar-refractivity contribution >= 4 is 0 Å². The number of rotatable bonds is 1. The molecule has 0 amide bonds. The first-order valence-electron chi connectivity index (χ1n) is 8.32.